The zero-order valence-corrected chi connectivity index (χ0v) is 11.0. The smallest absolute Gasteiger partial charge is 0.328 e. The average Bonchev–Trinajstić information content (AvgIpc) is 2.29. The molecule has 0 spiro atoms. The number of amides is 1. The molecule has 1 amide bonds. The van der Waals surface area contributed by atoms with Crippen LogP contribution in [0.3, 0.4) is 0 Å². The van der Waals surface area contributed by atoms with Crippen LogP contribution < -0.4 is 5.32 Å². The second-order valence-corrected chi connectivity index (χ2v) is 4.65. The summed E-state index contributed by atoms with van der Waals surface area (Å²) >= 11 is 6.13. The molecule has 1 unspecified atom stereocenters. The highest BCUT2D eigenvalue weighted by molar-refractivity contribution is 6.30. The van der Waals surface area contributed by atoms with E-state index >= 15 is 0 Å². The normalized spacial score (nSPS) is 17.6. The summed E-state index contributed by atoms with van der Waals surface area (Å²) in [4.78, 5) is 22.6. The molecule has 0 radical (unpaired) electrons. The molecule has 1 aliphatic carbocycles. The summed E-state index contributed by atoms with van der Waals surface area (Å²) in [7, 11) is 1.31. The third-order valence-electron chi connectivity index (χ3n) is 2.82. The van der Waals surface area contributed by atoms with Crippen molar-refractivity contribution in [3.05, 3.63) is 10.6 Å². The molecule has 0 saturated carbocycles. The Kier molecular flexibility index (Phi) is 5.48. The van der Waals surface area contributed by atoms with Gasteiger partial charge >= 0.3 is 5.97 Å². The van der Waals surface area contributed by atoms with Gasteiger partial charge in [0, 0.05) is 18.4 Å². The lowest BCUT2D eigenvalue weighted by atomic mass is 9.94. The van der Waals surface area contributed by atoms with Gasteiger partial charge in [-0.15, -0.1) is 0 Å². The first-order valence-electron chi connectivity index (χ1n) is 5.76. The summed E-state index contributed by atoms with van der Waals surface area (Å²) in [5, 5.41) is 3.42. The molecule has 4 nitrogen and oxygen atoms in total. The summed E-state index contributed by atoms with van der Waals surface area (Å²) in [6, 6.07) is -0.626. The van der Waals surface area contributed by atoms with E-state index in [1.165, 1.54) is 14.0 Å². The maximum Gasteiger partial charge on any atom is 0.328 e. The highest BCUT2D eigenvalue weighted by Crippen LogP contribution is 2.30. The molecule has 0 fully saturated rings. The molecule has 17 heavy (non-hydrogen) atoms. The summed E-state index contributed by atoms with van der Waals surface area (Å²) in [5.74, 6) is -0.671. The molecule has 0 aliphatic heterocycles. The van der Waals surface area contributed by atoms with Gasteiger partial charge in [0.25, 0.3) is 0 Å². The van der Waals surface area contributed by atoms with Crippen molar-refractivity contribution < 1.29 is 14.3 Å². The van der Waals surface area contributed by atoms with E-state index in [-0.39, 0.29) is 5.91 Å². The van der Waals surface area contributed by atoms with Crippen molar-refractivity contribution in [2.24, 2.45) is 0 Å². The lowest BCUT2D eigenvalue weighted by Crippen LogP contribution is -2.40. The first-order chi connectivity index (χ1) is 8.04. The van der Waals surface area contributed by atoms with Crippen LogP contribution in [0.4, 0.5) is 0 Å². The zero-order valence-electron chi connectivity index (χ0n) is 10.2. The molecule has 0 heterocycles. The van der Waals surface area contributed by atoms with E-state index in [9.17, 15) is 9.59 Å². The third-order valence-corrected chi connectivity index (χ3v) is 3.28. The van der Waals surface area contributed by atoms with Crippen LogP contribution in [0.2, 0.25) is 0 Å². The number of nitrogens with one attached hydrogen (secondary N) is 1. The molecule has 0 aromatic heterocycles. The maximum atomic E-state index is 11.5. The Morgan fingerprint density at radius 1 is 1.41 bits per heavy atom. The van der Waals surface area contributed by atoms with Crippen LogP contribution in [0.5, 0.6) is 0 Å². The first kappa shape index (κ1) is 14.0. The fourth-order valence-electron chi connectivity index (χ4n) is 1.97. The Morgan fingerprint density at radius 3 is 2.59 bits per heavy atom. The largest absolute Gasteiger partial charge is 0.467 e. The summed E-state index contributed by atoms with van der Waals surface area (Å²) in [6.45, 7) is 1.38. The number of hydrogen-bond acceptors (Lipinski definition) is 3. The van der Waals surface area contributed by atoms with E-state index in [1.54, 1.807) is 0 Å². The SMILES string of the molecule is COC(=O)C(CC1=C(Cl)CCCC1)NC(C)=O. The van der Waals surface area contributed by atoms with Crippen molar-refractivity contribution in [2.75, 3.05) is 7.11 Å². The Hall–Kier alpha value is -1.03. The monoisotopic (exact) mass is 259 g/mol. The summed E-state index contributed by atoms with van der Waals surface area (Å²) in [6.07, 6.45) is 4.38. The number of esters is 1. The van der Waals surface area contributed by atoms with Crippen LogP contribution in [0.15, 0.2) is 10.6 Å². The third kappa shape index (κ3) is 4.38. The fourth-order valence-corrected chi connectivity index (χ4v) is 2.28. The maximum absolute atomic E-state index is 11.5. The molecule has 1 aliphatic rings. The van der Waals surface area contributed by atoms with Crippen molar-refractivity contribution in [3.8, 4) is 0 Å². The molecule has 96 valence electrons. The summed E-state index contributed by atoms with van der Waals surface area (Å²) in [5.41, 5.74) is 1.06. The van der Waals surface area contributed by atoms with Crippen LogP contribution in [-0.2, 0) is 14.3 Å². The van der Waals surface area contributed by atoms with Crippen LogP contribution in [0.1, 0.15) is 39.0 Å². The quantitative estimate of drug-likeness (QED) is 0.787. The molecule has 1 N–H and O–H groups in total. The van der Waals surface area contributed by atoms with E-state index in [0.29, 0.717) is 6.42 Å². The molecule has 0 aromatic rings. The molecule has 0 aromatic carbocycles. The number of hydrogen-bond donors (Lipinski definition) is 1. The second-order valence-electron chi connectivity index (χ2n) is 4.20. The van der Waals surface area contributed by atoms with Gasteiger partial charge in [0.2, 0.25) is 5.91 Å². The van der Waals surface area contributed by atoms with Gasteiger partial charge in [-0.1, -0.05) is 17.2 Å². The van der Waals surface area contributed by atoms with E-state index in [1.807, 2.05) is 0 Å². The van der Waals surface area contributed by atoms with E-state index in [2.05, 4.69) is 10.1 Å². The van der Waals surface area contributed by atoms with Crippen LogP contribution in [0.25, 0.3) is 0 Å². The van der Waals surface area contributed by atoms with Crippen LogP contribution in [0, 0.1) is 0 Å². The molecule has 5 heteroatoms. The van der Waals surface area contributed by atoms with Crippen LogP contribution in [-0.4, -0.2) is 25.0 Å². The standard InChI is InChI=1S/C12H18ClNO3/c1-8(15)14-11(12(16)17-2)7-9-5-3-4-6-10(9)13/h11H,3-7H2,1-2H3,(H,14,15). The predicted octanol–water partition coefficient (Wildman–Crippen LogP) is 2.12. The first-order valence-corrected chi connectivity index (χ1v) is 6.13. The molecular formula is C12H18ClNO3. The number of methoxy groups -OCH3 is 1. The van der Waals surface area contributed by atoms with Gasteiger partial charge in [-0.05, 0) is 25.7 Å². The molecule has 0 saturated heterocycles. The minimum absolute atomic E-state index is 0.243. The number of rotatable bonds is 4. The van der Waals surface area contributed by atoms with E-state index in [4.69, 9.17) is 11.6 Å². The number of carbonyl (C=O) groups is 2. The second kappa shape index (κ2) is 6.64. The highest BCUT2D eigenvalue weighted by Gasteiger charge is 2.23. The van der Waals surface area contributed by atoms with Crippen molar-refractivity contribution in [1.82, 2.24) is 5.32 Å². The van der Waals surface area contributed by atoms with Crippen LogP contribution >= 0.6 is 11.6 Å². The van der Waals surface area contributed by atoms with Crippen molar-refractivity contribution in [2.45, 2.75) is 45.1 Å². The number of ether oxygens (including phenoxy) is 1. The molecule has 0 bridgehead atoms. The minimum Gasteiger partial charge on any atom is -0.467 e. The van der Waals surface area contributed by atoms with E-state index in [0.717, 1.165) is 36.3 Å². The zero-order chi connectivity index (χ0) is 12.8. The van der Waals surface area contributed by atoms with Gasteiger partial charge < -0.3 is 10.1 Å². The highest BCUT2D eigenvalue weighted by atomic mass is 35.5. The van der Waals surface area contributed by atoms with Gasteiger partial charge in [0.05, 0.1) is 7.11 Å². The lowest BCUT2D eigenvalue weighted by Gasteiger charge is -2.21. The van der Waals surface area contributed by atoms with Crippen molar-refractivity contribution in [3.63, 3.8) is 0 Å². The Bertz CT molecular complexity index is 339. The minimum atomic E-state index is -0.626. The number of halogens is 1. The van der Waals surface area contributed by atoms with Gasteiger partial charge in [-0.25, -0.2) is 4.79 Å². The predicted molar refractivity (Wildman–Crippen MR) is 65.6 cm³/mol. The average molecular weight is 260 g/mol. The van der Waals surface area contributed by atoms with Gasteiger partial charge in [-0.2, -0.15) is 0 Å². The fraction of sp³-hybridized carbons (Fsp3) is 0.667. The molecule has 1 rings (SSSR count). The van der Waals surface area contributed by atoms with E-state index < -0.39 is 12.0 Å². The number of carbonyl (C=O) groups excluding carboxylic acids is 2. The molecular weight excluding hydrogens is 242 g/mol. The Morgan fingerprint density at radius 2 is 2.06 bits per heavy atom. The summed E-state index contributed by atoms with van der Waals surface area (Å²) < 4.78 is 4.67. The molecule has 1 atom stereocenters. The Labute approximate surface area is 106 Å². The topological polar surface area (TPSA) is 55.4 Å². The number of allylic oxidation sites excluding steroid dienone is 1. The van der Waals surface area contributed by atoms with Gasteiger partial charge in [-0.3, -0.25) is 4.79 Å². The van der Waals surface area contributed by atoms with Gasteiger partial charge in [0.15, 0.2) is 0 Å². The Balaban J connectivity index is 2.71. The van der Waals surface area contributed by atoms with Gasteiger partial charge in [0.1, 0.15) is 6.04 Å². The lowest BCUT2D eigenvalue weighted by molar-refractivity contribution is -0.144. The van der Waals surface area contributed by atoms with Crippen molar-refractivity contribution >= 4 is 23.5 Å². The van der Waals surface area contributed by atoms with Crippen molar-refractivity contribution in [1.29, 1.82) is 0 Å².